The van der Waals surface area contributed by atoms with Crippen LogP contribution in [0, 0.1) is 0 Å². The molecule has 15 heavy (non-hydrogen) atoms. The first-order chi connectivity index (χ1) is 7.27. The third-order valence-electron chi connectivity index (χ3n) is 1.96. The highest BCUT2D eigenvalue weighted by molar-refractivity contribution is 5.25. The molecular formula is C11H16O4. The molecule has 0 aliphatic heterocycles. The highest BCUT2D eigenvalue weighted by Gasteiger charge is 2.09. The van der Waals surface area contributed by atoms with Gasteiger partial charge in [-0.2, -0.15) is 0 Å². The molecule has 84 valence electrons. The summed E-state index contributed by atoms with van der Waals surface area (Å²) in [5.74, 6) is 1.31. The van der Waals surface area contributed by atoms with E-state index in [-0.39, 0.29) is 13.2 Å². The van der Waals surface area contributed by atoms with Gasteiger partial charge in [0.15, 0.2) is 5.76 Å². The summed E-state index contributed by atoms with van der Waals surface area (Å²) >= 11 is 0. The van der Waals surface area contributed by atoms with Crippen LogP contribution in [0.3, 0.4) is 0 Å². The van der Waals surface area contributed by atoms with Crippen LogP contribution in [0.1, 0.15) is 6.42 Å². The number of methoxy groups -OCH3 is 1. The second kappa shape index (κ2) is 6.27. The monoisotopic (exact) mass is 212 g/mol. The second-order valence-electron chi connectivity index (χ2n) is 3.13. The fourth-order valence-corrected chi connectivity index (χ4v) is 1.14. The summed E-state index contributed by atoms with van der Waals surface area (Å²) in [5, 5.41) is 17.8. The Hall–Kier alpha value is -1.26. The summed E-state index contributed by atoms with van der Waals surface area (Å²) in [7, 11) is 1.58. The van der Waals surface area contributed by atoms with Gasteiger partial charge in [0.1, 0.15) is 18.5 Å². The van der Waals surface area contributed by atoms with E-state index >= 15 is 0 Å². The van der Waals surface area contributed by atoms with Crippen LogP contribution < -0.4 is 0 Å². The van der Waals surface area contributed by atoms with Crippen molar-refractivity contribution in [3.8, 4) is 0 Å². The average molecular weight is 212 g/mol. The molecule has 0 spiro atoms. The zero-order chi connectivity index (χ0) is 11.1. The molecule has 0 bridgehead atoms. The van der Waals surface area contributed by atoms with E-state index < -0.39 is 6.10 Å². The Morgan fingerprint density at radius 2 is 2.27 bits per heavy atom. The number of aliphatic hydroxyl groups excluding tert-OH is 2. The van der Waals surface area contributed by atoms with Crippen molar-refractivity contribution in [3.05, 3.63) is 35.8 Å². The molecule has 0 amide bonds. The molecule has 4 nitrogen and oxygen atoms in total. The Balaban J connectivity index is 2.59. The molecule has 0 aromatic carbocycles. The standard InChI is InChI=1S/C11H16O4/c1-14-10-5-3-2-4-6-11(10)15-8-9(13)7-12/h2-4,6,9,12-13H,5,7-8H2,1H3. The van der Waals surface area contributed by atoms with Crippen LogP contribution >= 0.6 is 0 Å². The molecule has 4 heteroatoms. The number of hydrogen-bond acceptors (Lipinski definition) is 4. The Morgan fingerprint density at radius 3 is 2.93 bits per heavy atom. The largest absolute Gasteiger partial charge is 0.497 e. The molecule has 0 heterocycles. The van der Waals surface area contributed by atoms with E-state index in [1.54, 1.807) is 13.2 Å². The third kappa shape index (κ3) is 3.77. The lowest BCUT2D eigenvalue weighted by molar-refractivity contribution is 0.0293. The summed E-state index contributed by atoms with van der Waals surface area (Å²) in [5.41, 5.74) is 0. The van der Waals surface area contributed by atoms with Crippen LogP contribution in [0.25, 0.3) is 0 Å². The topological polar surface area (TPSA) is 58.9 Å². The first-order valence-electron chi connectivity index (χ1n) is 4.80. The van der Waals surface area contributed by atoms with Crippen LogP contribution in [-0.4, -0.2) is 36.6 Å². The summed E-state index contributed by atoms with van der Waals surface area (Å²) < 4.78 is 10.5. The molecule has 0 radical (unpaired) electrons. The minimum Gasteiger partial charge on any atom is -0.497 e. The summed E-state index contributed by atoms with van der Waals surface area (Å²) in [6.45, 7) is -0.249. The van der Waals surface area contributed by atoms with Gasteiger partial charge < -0.3 is 19.7 Å². The predicted octanol–water partition coefficient (Wildman–Crippen LogP) is 0.730. The van der Waals surface area contributed by atoms with E-state index in [9.17, 15) is 0 Å². The fourth-order valence-electron chi connectivity index (χ4n) is 1.14. The van der Waals surface area contributed by atoms with E-state index in [1.807, 2.05) is 18.2 Å². The molecular weight excluding hydrogens is 196 g/mol. The van der Waals surface area contributed by atoms with Crippen molar-refractivity contribution < 1.29 is 19.7 Å². The van der Waals surface area contributed by atoms with Crippen LogP contribution in [0.5, 0.6) is 0 Å². The average Bonchev–Trinajstić information content (AvgIpc) is 2.50. The van der Waals surface area contributed by atoms with Gasteiger partial charge in [-0.25, -0.2) is 0 Å². The molecule has 0 saturated heterocycles. The van der Waals surface area contributed by atoms with E-state index in [0.717, 1.165) is 0 Å². The first-order valence-corrected chi connectivity index (χ1v) is 4.80. The van der Waals surface area contributed by atoms with Gasteiger partial charge in [0.05, 0.1) is 13.7 Å². The van der Waals surface area contributed by atoms with Gasteiger partial charge in [-0.05, 0) is 6.08 Å². The number of rotatable bonds is 5. The van der Waals surface area contributed by atoms with E-state index in [4.69, 9.17) is 19.7 Å². The zero-order valence-corrected chi connectivity index (χ0v) is 8.72. The molecule has 1 aliphatic rings. The van der Waals surface area contributed by atoms with Crippen LogP contribution in [-0.2, 0) is 9.47 Å². The molecule has 0 saturated carbocycles. The molecule has 1 rings (SSSR count). The molecule has 2 N–H and O–H groups in total. The van der Waals surface area contributed by atoms with Crippen molar-refractivity contribution in [2.75, 3.05) is 20.3 Å². The predicted molar refractivity (Wildman–Crippen MR) is 56.0 cm³/mol. The van der Waals surface area contributed by atoms with Crippen molar-refractivity contribution in [2.24, 2.45) is 0 Å². The van der Waals surface area contributed by atoms with Crippen LogP contribution in [0.15, 0.2) is 35.8 Å². The van der Waals surface area contributed by atoms with Crippen molar-refractivity contribution in [3.63, 3.8) is 0 Å². The first kappa shape index (κ1) is 11.8. The van der Waals surface area contributed by atoms with Crippen molar-refractivity contribution in [2.45, 2.75) is 12.5 Å². The molecule has 1 unspecified atom stereocenters. The Morgan fingerprint density at radius 1 is 1.47 bits per heavy atom. The zero-order valence-electron chi connectivity index (χ0n) is 8.72. The van der Waals surface area contributed by atoms with Gasteiger partial charge in [-0.3, -0.25) is 0 Å². The van der Waals surface area contributed by atoms with Gasteiger partial charge >= 0.3 is 0 Å². The van der Waals surface area contributed by atoms with Crippen LogP contribution in [0.2, 0.25) is 0 Å². The van der Waals surface area contributed by atoms with Gasteiger partial charge in [-0.1, -0.05) is 18.2 Å². The maximum atomic E-state index is 9.14. The maximum absolute atomic E-state index is 9.14. The van der Waals surface area contributed by atoms with E-state index in [2.05, 4.69) is 0 Å². The lowest BCUT2D eigenvalue weighted by atomic mass is 10.3. The summed E-state index contributed by atoms with van der Waals surface area (Å²) in [6, 6.07) is 0. The normalized spacial score (nSPS) is 17.5. The van der Waals surface area contributed by atoms with Gasteiger partial charge in [0, 0.05) is 6.42 Å². The van der Waals surface area contributed by atoms with Crippen molar-refractivity contribution >= 4 is 0 Å². The van der Waals surface area contributed by atoms with E-state index in [0.29, 0.717) is 17.9 Å². The molecule has 0 aromatic heterocycles. The smallest absolute Gasteiger partial charge is 0.157 e. The molecule has 1 aliphatic carbocycles. The lowest BCUT2D eigenvalue weighted by Gasteiger charge is -2.13. The quantitative estimate of drug-likeness (QED) is 0.705. The maximum Gasteiger partial charge on any atom is 0.157 e. The highest BCUT2D eigenvalue weighted by Crippen LogP contribution is 2.16. The van der Waals surface area contributed by atoms with Gasteiger partial charge in [0.25, 0.3) is 0 Å². The number of ether oxygens (including phenoxy) is 2. The highest BCUT2D eigenvalue weighted by atomic mass is 16.5. The number of hydrogen-bond donors (Lipinski definition) is 2. The molecule has 0 fully saturated rings. The van der Waals surface area contributed by atoms with E-state index in [1.165, 1.54) is 0 Å². The molecule has 0 aromatic rings. The van der Waals surface area contributed by atoms with Crippen molar-refractivity contribution in [1.29, 1.82) is 0 Å². The number of aliphatic hydroxyl groups is 2. The number of allylic oxidation sites excluding steroid dienone is 4. The second-order valence-corrected chi connectivity index (χ2v) is 3.13. The molecule has 1 atom stereocenters. The summed E-state index contributed by atoms with van der Waals surface area (Å²) in [6.07, 6.45) is 7.26. The third-order valence-corrected chi connectivity index (χ3v) is 1.96. The van der Waals surface area contributed by atoms with Crippen molar-refractivity contribution in [1.82, 2.24) is 0 Å². The lowest BCUT2D eigenvalue weighted by Crippen LogP contribution is -2.19. The Kier molecular flexibility index (Phi) is 4.93. The Labute approximate surface area is 89.1 Å². The minimum absolute atomic E-state index is 0.0586. The fraction of sp³-hybridized carbons (Fsp3) is 0.455. The van der Waals surface area contributed by atoms with Crippen LogP contribution in [0.4, 0.5) is 0 Å². The van der Waals surface area contributed by atoms with Gasteiger partial charge in [-0.15, -0.1) is 0 Å². The Bertz CT molecular complexity index is 278. The summed E-state index contributed by atoms with van der Waals surface area (Å²) in [4.78, 5) is 0. The SMILES string of the molecule is COC1=C(OCC(O)CO)C=CC=CC1. The minimum atomic E-state index is -0.861. The van der Waals surface area contributed by atoms with Gasteiger partial charge in [0.2, 0.25) is 0 Å².